The molecule has 128 valence electrons. The number of rotatable bonds is 9. The van der Waals surface area contributed by atoms with E-state index in [9.17, 15) is 4.79 Å². The zero-order chi connectivity index (χ0) is 17.2. The van der Waals surface area contributed by atoms with Gasteiger partial charge >= 0.3 is 0 Å². The largest absolute Gasteiger partial charge is 0.385 e. The van der Waals surface area contributed by atoms with Gasteiger partial charge < -0.3 is 15.0 Å². The van der Waals surface area contributed by atoms with E-state index in [4.69, 9.17) is 4.74 Å². The van der Waals surface area contributed by atoms with Crippen molar-refractivity contribution >= 4 is 11.9 Å². The lowest BCUT2D eigenvalue weighted by Crippen LogP contribution is -2.31. The smallest absolute Gasteiger partial charge is 0.272 e. The molecule has 0 aliphatic heterocycles. The van der Waals surface area contributed by atoms with Gasteiger partial charge in [0.1, 0.15) is 5.69 Å². The van der Waals surface area contributed by atoms with Crippen LogP contribution in [0.2, 0.25) is 0 Å². The van der Waals surface area contributed by atoms with Crippen LogP contribution in [0.15, 0.2) is 42.6 Å². The number of anilines is 1. The lowest BCUT2D eigenvalue weighted by molar-refractivity contribution is 0.0746. The molecule has 0 aliphatic carbocycles. The molecule has 0 aliphatic rings. The van der Waals surface area contributed by atoms with Crippen molar-refractivity contribution in [2.45, 2.75) is 19.9 Å². The van der Waals surface area contributed by atoms with E-state index in [2.05, 4.69) is 15.3 Å². The third-order valence-corrected chi connectivity index (χ3v) is 3.57. The Morgan fingerprint density at radius 2 is 2.04 bits per heavy atom. The predicted molar refractivity (Wildman–Crippen MR) is 93.9 cm³/mol. The van der Waals surface area contributed by atoms with E-state index in [0.29, 0.717) is 37.9 Å². The molecule has 6 heteroatoms. The van der Waals surface area contributed by atoms with Crippen molar-refractivity contribution in [3.8, 4) is 0 Å². The summed E-state index contributed by atoms with van der Waals surface area (Å²) >= 11 is 0. The summed E-state index contributed by atoms with van der Waals surface area (Å²) < 4.78 is 5.00. The van der Waals surface area contributed by atoms with Crippen LogP contribution in [0.4, 0.5) is 5.95 Å². The molecular weight excluding hydrogens is 304 g/mol. The molecular formula is C18H24N4O2. The molecule has 2 rings (SSSR count). The van der Waals surface area contributed by atoms with Gasteiger partial charge in [0.15, 0.2) is 0 Å². The number of methoxy groups -OCH3 is 1. The molecule has 1 heterocycles. The van der Waals surface area contributed by atoms with Crippen molar-refractivity contribution in [2.75, 3.05) is 32.1 Å². The first-order valence-electron chi connectivity index (χ1n) is 8.13. The first kappa shape index (κ1) is 17.9. The highest BCUT2D eigenvalue weighted by molar-refractivity contribution is 5.92. The maximum Gasteiger partial charge on any atom is 0.272 e. The van der Waals surface area contributed by atoms with E-state index in [1.807, 2.05) is 37.3 Å². The fourth-order valence-electron chi connectivity index (χ4n) is 2.27. The van der Waals surface area contributed by atoms with Crippen LogP contribution in [-0.4, -0.2) is 47.6 Å². The van der Waals surface area contributed by atoms with Crippen molar-refractivity contribution in [2.24, 2.45) is 0 Å². The zero-order valence-corrected chi connectivity index (χ0v) is 14.2. The molecule has 1 amide bonds. The van der Waals surface area contributed by atoms with E-state index in [1.54, 1.807) is 24.3 Å². The van der Waals surface area contributed by atoms with E-state index < -0.39 is 0 Å². The Hall–Kier alpha value is -2.47. The van der Waals surface area contributed by atoms with E-state index in [0.717, 1.165) is 12.0 Å². The molecule has 1 N–H and O–H groups in total. The number of benzene rings is 1. The van der Waals surface area contributed by atoms with Crippen LogP contribution in [0.3, 0.4) is 0 Å². The Bertz CT molecular complexity index is 634. The normalized spacial score (nSPS) is 10.4. The Morgan fingerprint density at radius 3 is 2.75 bits per heavy atom. The number of nitrogens with zero attached hydrogens (tertiary/aromatic N) is 3. The molecule has 0 saturated carbocycles. The molecule has 6 nitrogen and oxygen atoms in total. The minimum atomic E-state index is -0.0938. The second-order valence-electron chi connectivity index (χ2n) is 5.34. The Balaban J connectivity index is 2.01. The summed E-state index contributed by atoms with van der Waals surface area (Å²) in [5.41, 5.74) is 1.50. The van der Waals surface area contributed by atoms with Crippen molar-refractivity contribution in [1.82, 2.24) is 14.9 Å². The highest BCUT2D eigenvalue weighted by atomic mass is 16.5. The maximum atomic E-state index is 12.7. The molecule has 2 aromatic rings. The number of hydrogen-bond donors (Lipinski definition) is 1. The number of hydrogen-bond acceptors (Lipinski definition) is 5. The van der Waals surface area contributed by atoms with Crippen LogP contribution in [0.1, 0.15) is 29.4 Å². The van der Waals surface area contributed by atoms with Crippen molar-refractivity contribution in [3.05, 3.63) is 53.9 Å². The Kier molecular flexibility index (Phi) is 7.17. The van der Waals surface area contributed by atoms with Crippen LogP contribution in [0.25, 0.3) is 0 Å². The number of aromatic nitrogens is 2. The van der Waals surface area contributed by atoms with Gasteiger partial charge in [0.05, 0.1) is 0 Å². The molecule has 0 bridgehead atoms. The van der Waals surface area contributed by atoms with Crippen molar-refractivity contribution in [3.63, 3.8) is 0 Å². The van der Waals surface area contributed by atoms with Crippen molar-refractivity contribution in [1.29, 1.82) is 0 Å². The summed E-state index contributed by atoms with van der Waals surface area (Å²) in [5.74, 6) is 0.372. The zero-order valence-electron chi connectivity index (χ0n) is 14.2. The third kappa shape index (κ3) is 5.31. The number of amides is 1. The first-order chi connectivity index (χ1) is 11.7. The average Bonchev–Trinajstić information content (AvgIpc) is 2.64. The molecule has 0 unspecified atom stereocenters. The fraction of sp³-hybridized carbons (Fsp3) is 0.389. The molecule has 0 saturated heterocycles. The number of carbonyl (C=O) groups is 1. The highest BCUT2D eigenvalue weighted by Gasteiger charge is 2.16. The van der Waals surface area contributed by atoms with Crippen molar-refractivity contribution < 1.29 is 9.53 Å². The summed E-state index contributed by atoms with van der Waals surface area (Å²) in [5, 5.41) is 3.11. The van der Waals surface area contributed by atoms with Gasteiger partial charge in [-0.05, 0) is 25.0 Å². The van der Waals surface area contributed by atoms with Gasteiger partial charge in [-0.2, -0.15) is 0 Å². The average molecular weight is 328 g/mol. The molecule has 0 radical (unpaired) electrons. The van der Waals surface area contributed by atoms with E-state index in [-0.39, 0.29) is 5.91 Å². The number of nitrogens with one attached hydrogen (secondary N) is 1. The highest BCUT2D eigenvalue weighted by Crippen LogP contribution is 2.09. The minimum absolute atomic E-state index is 0.0938. The number of ether oxygens (including phenoxy) is 1. The second-order valence-corrected chi connectivity index (χ2v) is 5.34. The summed E-state index contributed by atoms with van der Waals surface area (Å²) in [6.07, 6.45) is 2.46. The fourth-order valence-corrected chi connectivity index (χ4v) is 2.27. The van der Waals surface area contributed by atoms with Crippen LogP contribution >= 0.6 is 0 Å². The quantitative estimate of drug-likeness (QED) is 0.717. The Morgan fingerprint density at radius 1 is 1.25 bits per heavy atom. The van der Waals surface area contributed by atoms with Gasteiger partial charge in [-0.1, -0.05) is 30.3 Å². The summed E-state index contributed by atoms with van der Waals surface area (Å²) in [6.45, 7) is 4.52. The van der Waals surface area contributed by atoms with Crippen LogP contribution in [-0.2, 0) is 11.3 Å². The van der Waals surface area contributed by atoms with Crippen LogP contribution in [0.5, 0.6) is 0 Å². The predicted octanol–water partition coefficient (Wildman–Crippen LogP) is 2.59. The standard InChI is InChI=1S/C18H24N4O2/c1-3-22(14-15-8-5-4-6-9-15)17(23)16-10-12-20-18(21-16)19-11-7-13-24-2/h4-6,8-10,12H,3,7,11,13-14H2,1-2H3,(H,19,20,21). The van der Waals surface area contributed by atoms with E-state index >= 15 is 0 Å². The first-order valence-corrected chi connectivity index (χ1v) is 8.13. The molecule has 0 fully saturated rings. The van der Waals surface area contributed by atoms with E-state index in [1.165, 1.54) is 0 Å². The monoisotopic (exact) mass is 328 g/mol. The van der Waals surface area contributed by atoms with Gasteiger partial charge in [0.2, 0.25) is 5.95 Å². The minimum Gasteiger partial charge on any atom is -0.385 e. The molecule has 0 atom stereocenters. The topological polar surface area (TPSA) is 67.4 Å². The SMILES string of the molecule is CCN(Cc1ccccc1)C(=O)c1ccnc(NCCCOC)n1. The number of carbonyl (C=O) groups excluding carboxylic acids is 1. The van der Waals surface area contributed by atoms with Crippen LogP contribution in [0, 0.1) is 0 Å². The molecule has 0 spiro atoms. The van der Waals surface area contributed by atoms with Gasteiger partial charge in [-0.15, -0.1) is 0 Å². The summed E-state index contributed by atoms with van der Waals surface area (Å²) in [4.78, 5) is 22.9. The van der Waals surface area contributed by atoms with Gasteiger partial charge in [-0.25, -0.2) is 9.97 Å². The summed E-state index contributed by atoms with van der Waals surface area (Å²) in [6, 6.07) is 11.6. The molecule has 1 aromatic heterocycles. The molecule has 1 aromatic carbocycles. The third-order valence-electron chi connectivity index (χ3n) is 3.57. The lowest BCUT2D eigenvalue weighted by Gasteiger charge is -2.20. The van der Waals surface area contributed by atoms with Gasteiger partial charge in [0, 0.05) is 39.5 Å². The lowest BCUT2D eigenvalue weighted by atomic mass is 10.2. The summed E-state index contributed by atoms with van der Waals surface area (Å²) in [7, 11) is 1.67. The van der Waals surface area contributed by atoms with Crippen LogP contribution < -0.4 is 5.32 Å². The van der Waals surface area contributed by atoms with Gasteiger partial charge in [0.25, 0.3) is 5.91 Å². The molecule has 24 heavy (non-hydrogen) atoms. The van der Waals surface area contributed by atoms with Gasteiger partial charge in [-0.3, -0.25) is 4.79 Å². The maximum absolute atomic E-state index is 12.7. The Labute approximate surface area is 142 Å². The second kappa shape index (κ2) is 9.62.